The van der Waals surface area contributed by atoms with Gasteiger partial charge in [0.25, 0.3) is 0 Å². The van der Waals surface area contributed by atoms with Crippen molar-refractivity contribution in [1.29, 1.82) is 0 Å². The van der Waals surface area contributed by atoms with Crippen LogP contribution in [0.2, 0.25) is 0 Å². The fourth-order valence-corrected chi connectivity index (χ4v) is 2.03. The maximum Gasteiger partial charge on any atom is 0.0822 e. The fraction of sp³-hybridized carbons (Fsp3) is 1.00. The Bertz CT molecular complexity index is 83.9. The van der Waals surface area contributed by atoms with Gasteiger partial charge in [0.15, 0.2) is 0 Å². The average molecular weight is 189 g/mol. The topological polar surface area (TPSA) is 19.9 Å². The van der Waals surface area contributed by atoms with Crippen molar-refractivity contribution in [1.82, 2.24) is 0 Å². The number of thioether (sulfide) groups is 1. The molecule has 12 heavy (non-hydrogen) atoms. The van der Waals surface area contributed by atoms with Crippen LogP contribution >= 0.6 is 11.8 Å². The van der Waals surface area contributed by atoms with Crippen molar-refractivity contribution in [3.8, 4) is 0 Å². The standard InChI is InChI=1S/C10H21OS/c1-10(2)9-12-8-6-4-3-5-7-11/h10H,3-9H2,1-2H3. The summed E-state index contributed by atoms with van der Waals surface area (Å²) in [7, 11) is 0. The van der Waals surface area contributed by atoms with Crippen LogP contribution in [0, 0.1) is 5.92 Å². The van der Waals surface area contributed by atoms with Crippen LogP contribution in [-0.2, 0) is 5.11 Å². The van der Waals surface area contributed by atoms with Crippen LogP contribution in [0.1, 0.15) is 39.5 Å². The highest BCUT2D eigenvalue weighted by Crippen LogP contribution is 2.11. The van der Waals surface area contributed by atoms with Gasteiger partial charge < -0.3 is 0 Å². The number of hydrogen-bond acceptors (Lipinski definition) is 1. The second kappa shape index (κ2) is 9.40. The number of hydrogen-bond donors (Lipinski definition) is 0. The zero-order valence-electron chi connectivity index (χ0n) is 8.34. The van der Waals surface area contributed by atoms with Crippen molar-refractivity contribution >= 4 is 11.8 Å². The van der Waals surface area contributed by atoms with E-state index in [1.165, 1.54) is 24.3 Å². The molecule has 0 heterocycles. The lowest BCUT2D eigenvalue weighted by atomic mass is 10.2. The van der Waals surface area contributed by atoms with E-state index < -0.39 is 0 Å². The Hall–Kier alpha value is 0.310. The molecular weight excluding hydrogens is 168 g/mol. The maximum absolute atomic E-state index is 10.1. The second-order valence-electron chi connectivity index (χ2n) is 3.59. The van der Waals surface area contributed by atoms with Crippen molar-refractivity contribution in [2.45, 2.75) is 39.5 Å². The first-order valence-corrected chi connectivity index (χ1v) is 6.08. The summed E-state index contributed by atoms with van der Waals surface area (Å²) in [5.41, 5.74) is 0. The van der Waals surface area contributed by atoms with E-state index in [0.29, 0.717) is 0 Å². The van der Waals surface area contributed by atoms with Crippen LogP contribution < -0.4 is 0 Å². The molecule has 0 bridgehead atoms. The Kier molecular flexibility index (Phi) is 9.64. The van der Waals surface area contributed by atoms with Crippen LogP contribution in [0.4, 0.5) is 0 Å². The molecule has 0 saturated carbocycles. The van der Waals surface area contributed by atoms with E-state index in [2.05, 4.69) is 13.8 Å². The first-order valence-electron chi connectivity index (χ1n) is 4.93. The monoisotopic (exact) mass is 189 g/mol. The summed E-state index contributed by atoms with van der Waals surface area (Å²) in [5, 5.41) is 10.1. The van der Waals surface area contributed by atoms with Crippen LogP contribution in [-0.4, -0.2) is 18.1 Å². The lowest BCUT2D eigenvalue weighted by molar-refractivity contribution is 0.186. The zero-order valence-corrected chi connectivity index (χ0v) is 9.16. The smallest absolute Gasteiger partial charge is 0.0822 e. The minimum absolute atomic E-state index is 0.110. The SMILES string of the molecule is CC(C)CSCCCCCC[O]. The Morgan fingerprint density at radius 1 is 1.08 bits per heavy atom. The summed E-state index contributed by atoms with van der Waals surface area (Å²) in [5.74, 6) is 3.37. The molecule has 73 valence electrons. The summed E-state index contributed by atoms with van der Waals surface area (Å²) in [4.78, 5) is 0. The number of unbranched alkanes of at least 4 members (excludes halogenated alkanes) is 3. The summed E-state index contributed by atoms with van der Waals surface area (Å²) in [6.45, 7) is 4.62. The molecule has 0 atom stereocenters. The molecule has 0 saturated heterocycles. The largest absolute Gasteiger partial charge is 0.237 e. The Balaban J connectivity index is 2.82. The summed E-state index contributed by atoms with van der Waals surface area (Å²) in [6.07, 6.45) is 4.53. The predicted molar refractivity (Wildman–Crippen MR) is 56.2 cm³/mol. The molecule has 0 aromatic carbocycles. The van der Waals surface area contributed by atoms with Gasteiger partial charge >= 0.3 is 0 Å². The minimum Gasteiger partial charge on any atom is -0.237 e. The van der Waals surface area contributed by atoms with Gasteiger partial charge in [0.2, 0.25) is 0 Å². The molecule has 0 aliphatic heterocycles. The summed E-state index contributed by atoms with van der Waals surface area (Å²) >= 11 is 2.04. The second-order valence-corrected chi connectivity index (χ2v) is 4.74. The Labute approximate surface area is 80.9 Å². The molecule has 0 rings (SSSR count). The van der Waals surface area contributed by atoms with Crippen molar-refractivity contribution in [2.24, 2.45) is 5.92 Å². The third kappa shape index (κ3) is 10.3. The van der Waals surface area contributed by atoms with Crippen LogP contribution in [0.5, 0.6) is 0 Å². The van der Waals surface area contributed by atoms with Crippen molar-refractivity contribution in [3.63, 3.8) is 0 Å². The van der Waals surface area contributed by atoms with Gasteiger partial charge in [-0.3, -0.25) is 0 Å². The summed E-state index contributed by atoms with van der Waals surface area (Å²) < 4.78 is 0. The normalized spacial score (nSPS) is 11.0. The lowest BCUT2D eigenvalue weighted by Gasteiger charge is -2.03. The van der Waals surface area contributed by atoms with E-state index in [-0.39, 0.29) is 6.61 Å². The molecular formula is C10H21OS. The number of rotatable bonds is 8. The van der Waals surface area contributed by atoms with E-state index >= 15 is 0 Å². The third-order valence-electron chi connectivity index (χ3n) is 1.63. The van der Waals surface area contributed by atoms with E-state index in [4.69, 9.17) is 0 Å². The average Bonchev–Trinajstić information content (AvgIpc) is 2.02. The molecule has 0 spiro atoms. The quantitative estimate of drug-likeness (QED) is 0.536. The van der Waals surface area contributed by atoms with Crippen molar-refractivity contribution < 1.29 is 5.11 Å². The molecule has 0 amide bonds. The first kappa shape index (κ1) is 12.3. The van der Waals surface area contributed by atoms with Gasteiger partial charge in [-0.1, -0.05) is 26.7 Å². The van der Waals surface area contributed by atoms with Crippen molar-refractivity contribution in [2.75, 3.05) is 18.1 Å². The first-order chi connectivity index (χ1) is 5.77. The minimum atomic E-state index is 0.110. The van der Waals surface area contributed by atoms with E-state index in [0.717, 1.165) is 18.8 Å². The Morgan fingerprint density at radius 2 is 1.75 bits per heavy atom. The molecule has 0 aromatic rings. The molecule has 1 nitrogen and oxygen atoms in total. The summed E-state index contributed by atoms with van der Waals surface area (Å²) in [6, 6.07) is 0. The predicted octanol–water partition coefficient (Wildman–Crippen LogP) is 3.37. The molecule has 0 N–H and O–H groups in total. The van der Waals surface area contributed by atoms with Crippen LogP contribution in [0.25, 0.3) is 0 Å². The lowest BCUT2D eigenvalue weighted by Crippen LogP contribution is -1.92. The molecule has 1 radical (unpaired) electrons. The zero-order chi connectivity index (χ0) is 9.23. The third-order valence-corrected chi connectivity index (χ3v) is 3.11. The molecule has 0 unspecified atom stereocenters. The van der Waals surface area contributed by atoms with E-state index in [1.54, 1.807) is 0 Å². The van der Waals surface area contributed by atoms with Gasteiger partial charge in [0.05, 0.1) is 6.61 Å². The molecule has 0 fully saturated rings. The molecule has 2 heteroatoms. The maximum atomic E-state index is 10.1. The van der Waals surface area contributed by atoms with E-state index in [9.17, 15) is 5.11 Å². The molecule has 0 aromatic heterocycles. The highest BCUT2D eigenvalue weighted by Gasteiger charge is 1.94. The Morgan fingerprint density at radius 3 is 2.33 bits per heavy atom. The highest BCUT2D eigenvalue weighted by molar-refractivity contribution is 7.99. The van der Waals surface area contributed by atoms with Gasteiger partial charge in [-0.2, -0.15) is 11.8 Å². The van der Waals surface area contributed by atoms with Crippen molar-refractivity contribution in [3.05, 3.63) is 0 Å². The molecule has 0 aliphatic rings. The van der Waals surface area contributed by atoms with Crippen LogP contribution in [0.15, 0.2) is 0 Å². The van der Waals surface area contributed by atoms with E-state index in [1.807, 2.05) is 11.8 Å². The van der Waals surface area contributed by atoms with Gasteiger partial charge in [0, 0.05) is 0 Å². The fourth-order valence-electron chi connectivity index (χ4n) is 0.979. The molecule has 0 aliphatic carbocycles. The van der Waals surface area contributed by atoms with Gasteiger partial charge in [-0.15, -0.1) is 0 Å². The van der Waals surface area contributed by atoms with Gasteiger partial charge in [-0.05, 0) is 30.3 Å². The van der Waals surface area contributed by atoms with Gasteiger partial charge in [0.1, 0.15) is 0 Å². The van der Waals surface area contributed by atoms with Crippen LogP contribution in [0.3, 0.4) is 0 Å². The van der Waals surface area contributed by atoms with Gasteiger partial charge in [-0.25, -0.2) is 5.11 Å². The highest BCUT2D eigenvalue weighted by atomic mass is 32.2.